The number of para-hydroxylation sites is 2. The summed E-state index contributed by atoms with van der Waals surface area (Å²) in [6, 6.07) is 7.75. The third-order valence-electron chi connectivity index (χ3n) is 1.78. The number of carbonyl (C=O) groups is 2. The van der Waals surface area contributed by atoms with Crippen molar-refractivity contribution in [3.63, 3.8) is 0 Å². The van der Waals surface area contributed by atoms with Crippen LogP contribution >= 0.6 is 0 Å². The van der Waals surface area contributed by atoms with E-state index in [0.29, 0.717) is 18.8 Å². The molecule has 0 aromatic heterocycles. The monoisotopic (exact) mass is 249 g/mol. The van der Waals surface area contributed by atoms with Gasteiger partial charge in [0.15, 0.2) is 0 Å². The van der Waals surface area contributed by atoms with E-state index in [9.17, 15) is 9.59 Å². The number of benzene rings is 1. The first kappa shape index (κ1) is 13.4. The normalized spacial score (nSPS) is 12.0. The quantitative estimate of drug-likeness (QED) is 0.774. The Kier molecular flexibility index (Phi) is 5.11. The fraction of sp³-hybridized carbons (Fsp3) is 0.0833. The molecule has 0 saturated heterocycles. The van der Waals surface area contributed by atoms with Crippen LogP contribution in [-0.2, 0) is 9.59 Å². The Labute approximate surface area is 103 Å². The van der Waals surface area contributed by atoms with Gasteiger partial charge in [-0.3, -0.25) is 4.99 Å². The summed E-state index contributed by atoms with van der Waals surface area (Å²) in [6.07, 6.45) is 2.88. The summed E-state index contributed by atoms with van der Waals surface area (Å²) >= 11 is 0. The number of ether oxygens (including phenoxy) is 1. The van der Waals surface area contributed by atoms with Crippen molar-refractivity contribution in [1.82, 2.24) is 0 Å². The van der Waals surface area contributed by atoms with Crippen molar-refractivity contribution < 1.29 is 24.5 Å². The summed E-state index contributed by atoms with van der Waals surface area (Å²) in [5, 5.41) is 15.6. The van der Waals surface area contributed by atoms with Gasteiger partial charge >= 0.3 is 11.9 Å². The number of nitrogens with zero attached hydrogens (tertiary/aromatic N) is 1. The van der Waals surface area contributed by atoms with Gasteiger partial charge in [-0.25, -0.2) is 9.59 Å². The Bertz CT molecular complexity index is 477. The van der Waals surface area contributed by atoms with Crippen LogP contribution in [0, 0.1) is 0 Å². The highest BCUT2D eigenvalue weighted by Crippen LogP contribution is 2.27. The Morgan fingerprint density at radius 1 is 1.17 bits per heavy atom. The van der Waals surface area contributed by atoms with Crippen LogP contribution in [0.25, 0.3) is 0 Å². The second-order valence-electron chi connectivity index (χ2n) is 3.10. The highest BCUT2D eigenvalue weighted by molar-refractivity contribution is 5.89. The molecule has 6 heteroatoms. The number of carboxylic acids is 2. The van der Waals surface area contributed by atoms with E-state index in [-0.39, 0.29) is 0 Å². The minimum Gasteiger partial charge on any atom is -0.486 e. The largest absolute Gasteiger partial charge is 0.486 e. The SMILES string of the molecule is C1=Nc2ccccc2OC1.O=C(O)/C=C\C(=O)O. The van der Waals surface area contributed by atoms with Gasteiger partial charge in [0.05, 0.1) is 0 Å². The van der Waals surface area contributed by atoms with E-state index in [4.69, 9.17) is 14.9 Å². The zero-order chi connectivity index (χ0) is 13.4. The summed E-state index contributed by atoms with van der Waals surface area (Å²) in [4.78, 5) is 23.3. The van der Waals surface area contributed by atoms with E-state index >= 15 is 0 Å². The molecule has 2 N–H and O–H groups in total. The lowest BCUT2D eigenvalue weighted by molar-refractivity contribution is -0.134. The molecule has 0 saturated carbocycles. The molecule has 1 heterocycles. The highest BCUT2D eigenvalue weighted by atomic mass is 16.5. The molecule has 1 aromatic carbocycles. The van der Waals surface area contributed by atoms with Crippen LogP contribution in [0.2, 0.25) is 0 Å². The van der Waals surface area contributed by atoms with Gasteiger partial charge in [0.25, 0.3) is 0 Å². The van der Waals surface area contributed by atoms with E-state index in [1.165, 1.54) is 0 Å². The molecule has 0 aliphatic carbocycles. The third kappa shape index (κ3) is 4.93. The Balaban J connectivity index is 0.000000187. The lowest BCUT2D eigenvalue weighted by atomic mass is 10.3. The minimum atomic E-state index is -1.26. The second-order valence-corrected chi connectivity index (χ2v) is 3.10. The molecule has 0 radical (unpaired) electrons. The first-order valence-corrected chi connectivity index (χ1v) is 4.98. The molecule has 0 spiro atoms. The maximum absolute atomic E-state index is 9.55. The van der Waals surface area contributed by atoms with E-state index in [1.807, 2.05) is 24.3 Å². The van der Waals surface area contributed by atoms with Gasteiger partial charge in [-0.1, -0.05) is 12.1 Å². The van der Waals surface area contributed by atoms with Crippen LogP contribution in [0.3, 0.4) is 0 Å². The molecule has 1 aromatic rings. The van der Waals surface area contributed by atoms with Gasteiger partial charge in [-0.05, 0) is 12.1 Å². The molecule has 0 fully saturated rings. The summed E-state index contributed by atoms with van der Waals surface area (Å²) < 4.78 is 5.27. The fourth-order valence-electron chi connectivity index (χ4n) is 1.09. The molecule has 1 aliphatic rings. The minimum absolute atomic E-state index is 0.558. The van der Waals surface area contributed by atoms with Gasteiger partial charge in [0.2, 0.25) is 0 Å². The first-order chi connectivity index (χ1) is 8.59. The Morgan fingerprint density at radius 2 is 1.78 bits per heavy atom. The van der Waals surface area contributed by atoms with Crippen molar-refractivity contribution in [3.05, 3.63) is 36.4 Å². The average Bonchev–Trinajstić information content (AvgIpc) is 2.37. The zero-order valence-corrected chi connectivity index (χ0v) is 9.31. The zero-order valence-electron chi connectivity index (χ0n) is 9.31. The number of aliphatic imine (C=N–C) groups is 1. The summed E-state index contributed by atoms with van der Waals surface area (Å²) in [7, 11) is 0. The molecular formula is C12H11NO5. The summed E-state index contributed by atoms with van der Waals surface area (Å²) in [5.74, 6) is -1.63. The van der Waals surface area contributed by atoms with E-state index in [2.05, 4.69) is 4.99 Å². The van der Waals surface area contributed by atoms with Crippen LogP contribution in [0.1, 0.15) is 0 Å². The smallest absolute Gasteiger partial charge is 0.328 e. The molecule has 1 aliphatic heterocycles. The predicted molar refractivity (Wildman–Crippen MR) is 64.5 cm³/mol. The third-order valence-corrected chi connectivity index (χ3v) is 1.78. The molecule has 18 heavy (non-hydrogen) atoms. The van der Waals surface area contributed by atoms with Crippen molar-refractivity contribution >= 4 is 23.8 Å². The molecule has 0 amide bonds. The van der Waals surface area contributed by atoms with Crippen molar-refractivity contribution in [1.29, 1.82) is 0 Å². The van der Waals surface area contributed by atoms with Gasteiger partial charge in [0, 0.05) is 18.4 Å². The summed E-state index contributed by atoms with van der Waals surface area (Å²) in [5.41, 5.74) is 0.925. The topological polar surface area (TPSA) is 96.2 Å². The number of aliphatic carboxylic acids is 2. The maximum Gasteiger partial charge on any atom is 0.328 e. The highest BCUT2D eigenvalue weighted by Gasteiger charge is 2.02. The molecule has 0 bridgehead atoms. The molecule has 6 nitrogen and oxygen atoms in total. The van der Waals surface area contributed by atoms with Crippen molar-refractivity contribution in [2.24, 2.45) is 4.99 Å². The number of hydrogen-bond acceptors (Lipinski definition) is 4. The molecule has 0 unspecified atom stereocenters. The maximum atomic E-state index is 9.55. The molecule has 0 atom stereocenters. The van der Waals surface area contributed by atoms with Crippen molar-refractivity contribution in [2.45, 2.75) is 0 Å². The lowest BCUT2D eigenvalue weighted by Crippen LogP contribution is -2.01. The average molecular weight is 249 g/mol. The van der Waals surface area contributed by atoms with Crippen LogP contribution in [-0.4, -0.2) is 35.0 Å². The fourth-order valence-corrected chi connectivity index (χ4v) is 1.09. The van der Waals surface area contributed by atoms with Crippen LogP contribution < -0.4 is 4.74 Å². The summed E-state index contributed by atoms with van der Waals surface area (Å²) in [6.45, 7) is 0.594. The van der Waals surface area contributed by atoms with E-state index in [1.54, 1.807) is 6.21 Å². The number of carboxylic acid groups (broad SMARTS) is 2. The second kappa shape index (κ2) is 6.85. The number of rotatable bonds is 2. The van der Waals surface area contributed by atoms with Crippen molar-refractivity contribution in [3.8, 4) is 5.75 Å². The van der Waals surface area contributed by atoms with Gasteiger partial charge in [-0.2, -0.15) is 0 Å². The molecular weight excluding hydrogens is 238 g/mol. The predicted octanol–water partition coefficient (Wildman–Crippen LogP) is 1.49. The van der Waals surface area contributed by atoms with Gasteiger partial charge in [-0.15, -0.1) is 0 Å². The van der Waals surface area contributed by atoms with Crippen LogP contribution in [0.5, 0.6) is 5.75 Å². The van der Waals surface area contributed by atoms with E-state index < -0.39 is 11.9 Å². The van der Waals surface area contributed by atoms with Crippen molar-refractivity contribution in [2.75, 3.05) is 6.61 Å². The first-order valence-electron chi connectivity index (χ1n) is 4.98. The Hall–Kier alpha value is -2.63. The molecule has 94 valence electrons. The number of hydrogen-bond donors (Lipinski definition) is 2. The van der Waals surface area contributed by atoms with Gasteiger partial charge < -0.3 is 14.9 Å². The molecule has 2 rings (SSSR count). The van der Waals surface area contributed by atoms with Crippen LogP contribution in [0.4, 0.5) is 5.69 Å². The number of fused-ring (bicyclic) bond motifs is 1. The van der Waals surface area contributed by atoms with Gasteiger partial charge in [0.1, 0.15) is 18.0 Å². The Morgan fingerprint density at radius 3 is 2.33 bits per heavy atom. The lowest BCUT2D eigenvalue weighted by Gasteiger charge is -2.09. The van der Waals surface area contributed by atoms with Crippen LogP contribution in [0.15, 0.2) is 41.4 Å². The standard InChI is InChI=1S/C8H7NO.C4H4O4/c1-2-4-8-7(3-1)9-5-6-10-8;5-3(6)1-2-4(7)8/h1-5H,6H2;1-2H,(H,5,6)(H,7,8)/b;2-1-. The van der Waals surface area contributed by atoms with E-state index in [0.717, 1.165) is 11.4 Å².